The summed E-state index contributed by atoms with van der Waals surface area (Å²) in [5.74, 6) is 0.551. The molecule has 1 N–H and O–H groups in total. The Labute approximate surface area is 132 Å². The number of ether oxygens (including phenoxy) is 1. The van der Waals surface area contributed by atoms with E-state index in [9.17, 15) is 9.59 Å². The Morgan fingerprint density at radius 2 is 1.95 bits per heavy atom. The Morgan fingerprint density at radius 3 is 2.50 bits per heavy atom. The van der Waals surface area contributed by atoms with Crippen LogP contribution < -0.4 is 10.1 Å². The summed E-state index contributed by atoms with van der Waals surface area (Å²) in [5, 5.41) is 2.85. The highest BCUT2D eigenvalue weighted by atomic mass is 16.5. The van der Waals surface area contributed by atoms with Crippen LogP contribution in [0.15, 0.2) is 24.3 Å². The second-order valence-electron chi connectivity index (χ2n) is 5.57. The molecule has 0 unspecified atom stereocenters. The van der Waals surface area contributed by atoms with Crippen molar-refractivity contribution in [2.45, 2.75) is 52.7 Å². The molecular formula is C17H26N2O3. The Bertz CT molecular complexity index is 514. The van der Waals surface area contributed by atoms with Crippen LogP contribution in [0.25, 0.3) is 0 Å². The first-order chi connectivity index (χ1) is 10.4. The Balaban J connectivity index is 2.92. The summed E-state index contributed by atoms with van der Waals surface area (Å²) in [7, 11) is 1.60. The molecule has 0 bridgehead atoms. The van der Waals surface area contributed by atoms with E-state index in [0.29, 0.717) is 13.0 Å². The second-order valence-corrected chi connectivity index (χ2v) is 5.57. The molecule has 0 saturated heterocycles. The Morgan fingerprint density at radius 1 is 1.27 bits per heavy atom. The first-order valence-corrected chi connectivity index (χ1v) is 7.61. The summed E-state index contributed by atoms with van der Waals surface area (Å²) in [6, 6.07) is 7.06. The molecule has 122 valence electrons. The monoisotopic (exact) mass is 306 g/mol. The molecule has 0 spiro atoms. The van der Waals surface area contributed by atoms with Gasteiger partial charge in [-0.05, 0) is 38.5 Å². The van der Waals surface area contributed by atoms with E-state index in [1.54, 1.807) is 25.9 Å². The smallest absolute Gasteiger partial charge is 0.242 e. The maximum absolute atomic E-state index is 12.2. The van der Waals surface area contributed by atoms with Crippen LogP contribution in [0.3, 0.4) is 0 Å². The molecule has 0 heterocycles. The van der Waals surface area contributed by atoms with Crippen molar-refractivity contribution >= 4 is 11.8 Å². The zero-order valence-corrected chi connectivity index (χ0v) is 14.1. The minimum Gasteiger partial charge on any atom is -0.497 e. The third-order valence-electron chi connectivity index (χ3n) is 3.39. The van der Waals surface area contributed by atoms with Crippen molar-refractivity contribution in [2.24, 2.45) is 0 Å². The van der Waals surface area contributed by atoms with E-state index in [2.05, 4.69) is 5.32 Å². The van der Waals surface area contributed by atoms with Crippen LogP contribution in [0, 0.1) is 0 Å². The van der Waals surface area contributed by atoms with Gasteiger partial charge in [0, 0.05) is 19.0 Å². The van der Waals surface area contributed by atoms with Crippen molar-refractivity contribution in [1.82, 2.24) is 10.2 Å². The molecule has 1 aromatic rings. The molecule has 0 aliphatic carbocycles. The van der Waals surface area contributed by atoms with E-state index in [4.69, 9.17) is 4.74 Å². The normalized spacial score (nSPS) is 11.9. The number of methoxy groups -OCH3 is 1. The Hall–Kier alpha value is -2.04. The predicted octanol–water partition coefficient (Wildman–Crippen LogP) is 2.35. The zero-order valence-electron chi connectivity index (χ0n) is 14.1. The number of hydrogen-bond acceptors (Lipinski definition) is 3. The molecular weight excluding hydrogens is 280 g/mol. The van der Waals surface area contributed by atoms with Crippen LogP contribution in [0.4, 0.5) is 0 Å². The number of carbonyl (C=O) groups excluding carboxylic acids is 2. The molecule has 2 amide bonds. The minimum atomic E-state index is -0.513. The van der Waals surface area contributed by atoms with Crippen molar-refractivity contribution in [1.29, 1.82) is 0 Å². The molecule has 5 heteroatoms. The lowest BCUT2D eigenvalue weighted by atomic mass is 10.1. The van der Waals surface area contributed by atoms with Gasteiger partial charge in [-0.2, -0.15) is 0 Å². The van der Waals surface area contributed by atoms with E-state index in [1.165, 1.54) is 0 Å². The number of amides is 2. The molecule has 22 heavy (non-hydrogen) atoms. The number of rotatable bonds is 7. The number of benzene rings is 1. The van der Waals surface area contributed by atoms with Crippen LogP contribution in [0.1, 0.15) is 39.7 Å². The van der Waals surface area contributed by atoms with Crippen LogP contribution in [0.2, 0.25) is 0 Å². The summed E-state index contributed by atoms with van der Waals surface area (Å²) < 4.78 is 5.20. The highest BCUT2D eigenvalue weighted by molar-refractivity contribution is 5.87. The average molecular weight is 306 g/mol. The third-order valence-corrected chi connectivity index (χ3v) is 3.39. The van der Waals surface area contributed by atoms with Gasteiger partial charge in [0.25, 0.3) is 0 Å². The molecule has 0 fully saturated rings. The lowest BCUT2D eigenvalue weighted by Gasteiger charge is -2.29. The van der Waals surface area contributed by atoms with Crippen molar-refractivity contribution < 1.29 is 14.3 Å². The van der Waals surface area contributed by atoms with Gasteiger partial charge < -0.3 is 15.0 Å². The first-order valence-electron chi connectivity index (χ1n) is 7.61. The van der Waals surface area contributed by atoms with Crippen LogP contribution in [0.5, 0.6) is 5.75 Å². The SMILES string of the molecule is CCC(=O)N(Cc1cccc(OC)c1)[C@H](C)C(=O)NC(C)C. The highest BCUT2D eigenvalue weighted by Gasteiger charge is 2.25. The fourth-order valence-electron chi connectivity index (χ4n) is 2.16. The lowest BCUT2D eigenvalue weighted by molar-refractivity contribution is -0.140. The molecule has 0 aliphatic rings. The molecule has 0 aliphatic heterocycles. The molecule has 1 atom stereocenters. The molecule has 1 aromatic carbocycles. The molecule has 5 nitrogen and oxygen atoms in total. The van der Waals surface area contributed by atoms with E-state index < -0.39 is 6.04 Å². The number of nitrogens with one attached hydrogen (secondary N) is 1. The van der Waals surface area contributed by atoms with E-state index in [0.717, 1.165) is 11.3 Å². The zero-order chi connectivity index (χ0) is 16.7. The minimum absolute atomic E-state index is 0.0466. The van der Waals surface area contributed by atoms with E-state index in [-0.39, 0.29) is 17.9 Å². The van der Waals surface area contributed by atoms with Gasteiger partial charge in [-0.15, -0.1) is 0 Å². The van der Waals surface area contributed by atoms with Crippen molar-refractivity contribution in [2.75, 3.05) is 7.11 Å². The molecule has 1 rings (SSSR count). The van der Waals surface area contributed by atoms with Crippen LogP contribution in [-0.2, 0) is 16.1 Å². The van der Waals surface area contributed by atoms with E-state index >= 15 is 0 Å². The van der Waals surface area contributed by atoms with E-state index in [1.807, 2.05) is 38.1 Å². The predicted molar refractivity (Wildman–Crippen MR) is 86.6 cm³/mol. The van der Waals surface area contributed by atoms with Gasteiger partial charge in [-0.25, -0.2) is 0 Å². The standard InChI is InChI=1S/C17H26N2O3/c1-6-16(20)19(13(4)17(21)18-12(2)3)11-14-8-7-9-15(10-14)22-5/h7-10,12-13H,6,11H2,1-5H3,(H,18,21)/t13-/m1/s1. The second kappa shape index (κ2) is 8.41. The lowest BCUT2D eigenvalue weighted by Crippen LogP contribution is -2.48. The number of carbonyl (C=O) groups is 2. The van der Waals surface area contributed by atoms with Crippen molar-refractivity contribution in [3.63, 3.8) is 0 Å². The average Bonchev–Trinajstić information content (AvgIpc) is 2.50. The Kier molecular flexibility index (Phi) is 6.89. The van der Waals surface area contributed by atoms with Gasteiger partial charge in [0.05, 0.1) is 7.11 Å². The largest absolute Gasteiger partial charge is 0.497 e. The fraction of sp³-hybridized carbons (Fsp3) is 0.529. The maximum atomic E-state index is 12.2. The topological polar surface area (TPSA) is 58.6 Å². The first kappa shape index (κ1) is 18.0. The summed E-state index contributed by atoms with van der Waals surface area (Å²) in [5.41, 5.74) is 0.936. The highest BCUT2D eigenvalue weighted by Crippen LogP contribution is 2.16. The summed E-state index contributed by atoms with van der Waals surface area (Å²) in [6.45, 7) is 7.74. The third kappa shape index (κ3) is 5.06. The van der Waals surface area contributed by atoms with Gasteiger partial charge in [0.1, 0.15) is 11.8 Å². The summed E-state index contributed by atoms with van der Waals surface area (Å²) in [4.78, 5) is 26.0. The fourth-order valence-corrected chi connectivity index (χ4v) is 2.16. The summed E-state index contributed by atoms with van der Waals surface area (Å²) in [6.07, 6.45) is 0.364. The number of hydrogen-bond donors (Lipinski definition) is 1. The van der Waals surface area contributed by atoms with Gasteiger partial charge in [-0.3, -0.25) is 9.59 Å². The molecule has 0 radical (unpaired) electrons. The van der Waals surface area contributed by atoms with Gasteiger partial charge in [0.15, 0.2) is 0 Å². The maximum Gasteiger partial charge on any atom is 0.242 e. The molecule has 0 saturated carbocycles. The van der Waals surface area contributed by atoms with Crippen LogP contribution in [-0.4, -0.2) is 35.9 Å². The molecule has 0 aromatic heterocycles. The van der Waals surface area contributed by atoms with Gasteiger partial charge in [-0.1, -0.05) is 19.1 Å². The van der Waals surface area contributed by atoms with Crippen LogP contribution >= 0.6 is 0 Å². The number of nitrogens with zero attached hydrogens (tertiary/aromatic N) is 1. The quantitative estimate of drug-likeness (QED) is 0.841. The van der Waals surface area contributed by atoms with Crippen molar-refractivity contribution in [3.05, 3.63) is 29.8 Å². The summed E-state index contributed by atoms with van der Waals surface area (Å²) >= 11 is 0. The van der Waals surface area contributed by atoms with Gasteiger partial charge >= 0.3 is 0 Å². The van der Waals surface area contributed by atoms with Gasteiger partial charge in [0.2, 0.25) is 11.8 Å². The van der Waals surface area contributed by atoms with Crippen molar-refractivity contribution in [3.8, 4) is 5.75 Å².